The first-order chi connectivity index (χ1) is 9.24. The molecule has 0 spiro atoms. The molecular formula is C16H18N2O. The fourth-order valence-electron chi connectivity index (χ4n) is 3.17. The Labute approximate surface area is 112 Å². The van der Waals surface area contributed by atoms with Gasteiger partial charge < -0.3 is 5.11 Å². The zero-order valence-electron chi connectivity index (χ0n) is 10.9. The van der Waals surface area contributed by atoms with Gasteiger partial charge in [0.1, 0.15) is 5.60 Å². The van der Waals surface area contributed by atoms with E-state index in [1.807, 2.05) is 12.1 Å². The highest BCUT2D eigenvalue weighted by Crippen LogP contribution is 2.38. The molecule has 1 aromatic carbocycles. The lowest BCUT2D eigenvalue weighted by Crippen LogP contribution is -2.31. The predicted molar refractivity (Wildman–Crippen MR) is 74.9 cm³/mol. The molecule has 1 N–H and O–H groups in total. The summed E-state index contributed by atoms with van der Waals surface area (Å²) in [6, 6.07) is 10.9. The van der Waals surface area contributed by atoms with Crippen LogP contribution < -0.4 is 0 Å². The minimum absolute atomic E-state index is 0.686. The maximum absolute atomic E-state index is 10.9. The second kappa shape index (κ2) is 4.02. The van der Waals surface area contributed by atoms with Crippen LogP contribution in [0.5, 0.6) is 0 Å². The standard InChI is InChI=1S/C16H18N2O/c19-16(7-9-18(11-16)14-5-6-14)13-4-3-12-2-1-8-17-15(12)10-13/h1-4,8,10,14,19H,5-7,9,11H2. The molecule has 2 aliphatic rings. The van der Waals surface area contributed by atoms with Gasteiger partial charge in [-0.15, -0.1) is 0 Å². The minimum Gasteiger partial charge on any atom is -0.384 e. The summed E-state index contributed by atoms with van der Waals surface area (Å²) in [4.78, 5) is 6.82. The number of β-amino-alcohol motifs (C(OH)–C–C–N with tert-alkyl or cyclic N) is 1. The summed E-state index contributed by atoms with van der Waals surface area (Å²) in [6.07, 6.45) is 5.24. The minimum atomic E-state index is -0.686. The molecule has 19 heavy (non-hydrogen) atoms. The molecule has 0 amide bonds. The van der Waals surface area contributed by atoms with E-state index < -0.39 is 5.60 Å². The van der Waals surface area contributed by atoms with Crippen LogP contribution in [-0.4, -0.2) is 34.1 Å². The fourth-order valence-corrected chi connectivity index (χ4v) is 3.17. The molecule has 2 aromatic rings. The molecular weight excluding hydrogens is 236 g/mol. The van der Waals surface area contributed by atoms with E-state index in [9.17, 15) is 5.11 Å². The molecule has 3 heteroatoms. The quantitative estimate of drug-likeness (QED) is 0.893. The van der Waals surface area contributed by atoms with Crippen LogP contribution in [-0.2, 0) is 5.60 Å². The average molecular weight is 254 g/mol. The summed E-state index contributed by atoms with van der Waals surface area (Å²) in [5.74, 6) is 0. The highest BCUT2D eigenvalue weighted by Gasteiger charge is 2.42. The van der Waals surface area contributed by atoms with Gasteiger partial charge in [0, 0.05) is 30.7 Å². The second-order valence-corrected chi connectivity index (χ2v) is 5.89. The van der Waals surface area contributed by atoms with Crippen molar-refractivity contribution in [2.45, 2.75) is 30.9 Å². The monoisotopic (exact) mass is 254 g/mol. The van der Waals surface area contributed by atoms with E-state index in [0.717, 1.165) is 42.0 Å². The smallest absolute Gasteiger partial charge is 0.104 e. The molecule has 1 saturated heterocycles. The maximum Gasteiger partial charge on any atom is 0.104 e. The summed E-state index contributed by atoms with van der Waals surface area (Å²) in [6.45, 7) is 1.79. The van der Waals surface area contributed by atoms with Gasteiger partial charge in [0.25, 0.3) is 0 Å². The normalized spacial score (nSPS) is 28.1. The van der Waals surface area contributed by atoms with E-state index in [1.165, 1.54) is 12.8 Å². The van der Waals surface area contributed by atoms with Crippen LogP contribution in [0, 0.1) is 0 Å². The van der Waals surface area contributed by atoms with Gasteiger partial charge in [-0.3, -0.25) is 9.88 Å². The van der Waals surface area contributed by atoms with Crippen molar-refractivity contribution in [1.29, 1.82) is 0 Å². The van der Waals surface area contributed by atoms with Gasteiger partial charge in [-0.2, -0.15) is 0 Å². The van der Waals surface area contributed by atoms with Crippen LogP contribution in [0.25, 0.3) is 10.9 Å². The summed E-state index contributed by atoms with van der Waals surface area (Å²) >= 11 is 0. The number of hydrogen-bond donors (Lipinski definition) is 1. The van der Waals surface area contributed by atoms with Crippen molar-refractivity contribution in [3.63, 3.8) is 0 Å². The topological polar surface area (TPSA) is 36.4 Å². The first-order valence-electron chi connectivity index (χ1n) is 7.06. The Hall–Kier alpha value is -1.45. The Morgan fingerprint density at radius 1 is 1.26 bits per heavy atom. The number of hydrogen-bond acceptors (Lipinski definition) is 3. The Morgan fingerprint density at radius 3 is 3.00 bits per heavy atom. The van der Waals surface area contributed by atoms with Crippen LogP contribution in [0.1, 0.15) is 24.8 Å². The van der Waals surface area contributed by atoms with Crippen LogP contribution in [0.15, 0.2) is 36.5 Å². The lowest BCUT2D eigenvalue weighted by Gasteiger charge is -2.24. The molecule has 1 aliphatic carbocycles. The maximum atomic E-state index is 10.9. The summed E-state index contributed by atoms with van der Waals surface area (Å²) < 4.78 is 0. The van der Waals surface area contributed by atoms with Gasteiger partial charge >= 0.3 is 0 Å². The number of aliphatic hydroxyl groups is 1. The van der Waals surface area contributed by atoms with Crippen LogP contribution in [0.4, 0.5) is 0 Å². The summed E-state index contributed by atoms with van der Waals surface area (Å²) in [5, 5.41) is 12.0. The van der Waals surface area contributed by atoms with Gasteiger partial charge in [0.2, 0.25) is 0 Å². The van der Waals surface area contributed by atoms with Gasteiger partial charge in [-0.05, 0) is 37.0 Å². The van der Waals surface area contributed by atoms with Crippen molar-refractivity contribution in [2.24, 2.45) is 0 Å². The van der Waals surface area contributed by atoms with Crippen molar-refractivity contribution in [3.05, 3.63) is 42.1 Å². The third-order valence-corrected chi connectivity index (χ3v) is 4.48. The molecule has 1 atom stereocenters. The SMILES string of the molecule is OC1(c2ccc3cccnc3c2)CCN(C2CC2)C1. The first-order valence-corrected chi connectivity index (χ1v) is 7.06. The number of benzene rings is 1. The molecule has 1 saturated carbocycles. The van der Waals surface area contributed by atoms with Crippen LogP contribution >= 0.6 is 0 Å². The second-order valence-electron chi connectivity index (χ2n) is 5.89. The largest absolute Gasteiger partial charge is 0.384 e. The van der Waals surface area contributed by atoms with Crippen molar-refractivity contribution in [2.75, 3.05) is 13.1 Å². The Kier molecular flexibility index (Phi) is 2.41. The molecule has 1 aromatic heterocycles. The molecule has 3 nitrogen and oxygen atoms in total. The molecule has 1 aliphatic heterocycles. The van der Waals surface area contributed by atoms with Gasteiger partial charge in [0.15, 0.2) is 0 Å². The number of nitrogens with zero attached hydrogens (tertiary/aromatic N) is 2. The molecule has 0 radical (unpaired) electrons. The van der Waals surface area contributed by atoms with Crippen LogP contribution in [0.2, 0.25) is 0 Å². The molecule has 98 valence electrons. The highest BCUT2D eigenvalue weighted by molar-refractivity contribution is 5.79. The van der Waals surface area contributed by atoms with E-state index in [4.69, 9.17) is 0 Å². The zero-order chi connectivity index (χ0) is 12.9. The number of rotatable bonds is 2. The van der Waals surface area contributed by atoms with Gasteiger partial charge in [-0.1, -0.05) is 18.2 Å². The van der Waals surface area contributed by atoms with Gasteiger partial charge in [-0.25, -0.2) is 0 Å². The van der Waals surface area contributed by atoms with E-state index >= 15 is 0 Å². The third-order valence-electron chi connectivity index (χ3n) is 4.48. The predicted octanol–water partition coefficient (Wildman–Crippen LogP) is 2.29. The average Bonchev–Trinajstić information content (AvgIpc) is 3.22. The number of fused-ring (bicyclic) bond motifs is 1. The summed E-state index contributed by atoms with van der Waals surface area (Å²) in [7, 11) is 0. The Balaban J connectivity index is 1.69. The zero-order valence-corrected chi connectivity index (χ0v) is 10.9. The number of aromatic nitrogens is 1. The number of pyridine rings is 1. The van der Waals surface area contributed by atoms with Crippen molar-refractivity contribution in [3.8, 4) is 0 Å². The van der Waals surface area contributed by atoms with E-state index in [1.54, 1.807) is 6.20 Å². The first kappa shape index (κ1) is 11.4. The molecule has 1 unspecified atom stereocenters. The van der Waals surface area contributed by atoms with Crippen molar-refractivity contribution < 1.29 is 5.11 Å². The molecule has 4 rings (SSSR count). The van der Waals surface area contributed by atoms with E-state index in [2.05, 4.69) is 28.1 Å². The third kappa shape index (κ3) is 1.94. The van der Waals surface area contributed by atoms with Crippen molar-refractivity contribution >= 4 is 10.9 Å². The molecule has 0 bridgehead atoms. The Bertz CT molecular complexity index is 623. The van der Waals surface area contributed by atoms with E-state index in [-0.39, 0.29) is 0 Å². The fraction of sp³-hybridized carbons (Fsp3) is 0.438. The lowest BCUT2D eigenvalue weighted by molar-refractivity contribution is 0.0453. The number of likely N-dealkylation sites (tertiary alicyclic amines) is 1. The van der Waals surface area contributed by atoms with Gasteiger partial charge in [0.05, 0.1) is 5.52 Å². The van der Waals surface area contributed by atoms with E-state index in [0.29, 0.717) is 0 Å². The molecule has 2 fully saturated rings. The lowest BCUT2D eigenvalue weighted by atomic mass is 9.92. The van der Waals surface area contributed by atoms with Crippen LogP contribution in [0.3, 0.4) is 0 Å². The van der Waals surface area contributed by atoms with Crippen molar-refractivity contribution in [1.82, 2.24) is 9.88 Å². The Morgan fingerprint density at radius 2 is 2.16 bits per heavy atom. The summed E-state index contributed by atoms with van der Waals surface area (Å²) in [5.41, 5.74) is 1.30. The molecule has 2 heterocycles. The highest BCUT2D eigenvalue weighted by atomic mass is 16.3.